The lowest BCUT2D eigenvalue weighted by atomic mass is 9.93. The number of nitrogens with one attached hydrogen (secondary N) is 1. The second kappa shape index (κ2) is 9.77. The van der Waals surface area contributed by atoms with Gasteiger partial charge in [0.05, 0.1) is 38.0 Å². The maximum absolute atomic E-state index is 13.0. The van der Waals surface area contributed by atoms with Crippen LogP contribution in [0.2, 0.25) is 0 Å². The number of anilines is 1. The Morgan fingerprint density at radius 3 is 2.50 bits per heavy atom. The SMILES string of the molecule is COC(=O)C1=C(C)N=C2SC=C(CC(=O)Nc3cc(C)cc(C)c3)N2[C@H]1c1cccc(OC)c1. The number of benzene rings is 2. The average molecular weight is 478 g/mol. The van der Waals surface area contributed by atoms with Crippen molar-refractivity contribution in [2.75, 3.05) is 19.5 Å². The van der Waals surface area contributed by atoms with Crippen LogP contribution in [0, 0.1) is 13.8 Å². The van der Waals surface area contributed by atoms with Crippen LogP contribution in [0.15, 0.2) is 69.8 Å². The van der Waals surface area contributed by atoms with Crippen LogP contribution in [0.25, 0.3) is 0 Å². The van der Waals surface area contributed by atoms with Crippen molar-refractivity contribution >= 4 is 34.5 Å². The molecule has 0 saturated heterocycles. The summed E-state index contributed by atoms with van der Waals surface area (Å²) >= 11 is 1.44. The number of carbonyl (C=O) groups is 2. The van der Waals surface area contributed by atoms with E-state index in [-0.39, 0.29) is 12.3 Å². The molecular weight excluding hydrogens is 450 g/mol. The van der Waals surface area contributed by atoms with Crippen molar-refractivity contribution in [3.63, 3.8) is 0 Å². The van der Waals surface area contributed by atoms with Gasteiger partial charge in [-0.15, -0.1) is 0 Å². The molecule has 1 atom stereocenters. The summed E-state index contributed by atoms with van der Waals surface area (Å²) in [4.78, 5) is 32.4. The molecule has 0 unspecified atom stereocenters. The van der Waals surface area contributed by atoms with Gasteiger partial charge in [0, 0.05) is 11.4 Å². The molecule has 0 radical (unpaired) electrons. The smallest absolute Gasteiger partial charge is 0.338 e. The van der Waals surface area contributed by atoms with E-state index in [0.29, 0.717) is 22.2 Å². The van der Waals surface area contributed by atoms with Crippen molar-refractivity contribution in [3.05, 3.63) is 81.5 Å². The number of fused-ring (bicyclic) bond motifs is 1. The maximum Gasteiger partial charge on any atom is 0.338 e. The molecular formula is C26H27N3O4S. The number of thioether (sulfide) groups is 1. The first-order chi connectivity index (χ1) is 16.3. The molecule has 4 rings (SSSR count). The normalized spacial score (nSPS) is 17.1. The van der Waals surface area contributed by atoms with Gasteiger partial charge in [0.25, 0.3) is 0 Å². The Morgan fingerprint density at radius 1 is 1.09 bits per heavy atom. The van der Waals surface area contributed by atoms with E-state index in [1.165, 1.54) is 18.9 Å². The number of carbonyl (C=O) groups excluding carboxylic acids is 2. The van der Waals surface area contributed by atoms with E-state index in [4.69, 9.17) is 9.47 Å². The minimum absolute atomic E-state index is 0.132. The van der Waals surface area contributed by atoms with Gasteiger partial charge in [0.2, 0.25) is 5.91 Å². The van der Waals surface area contributed by atoms with E-state index in [1.807, 2.05) is 60.6 Å². The molecule has 8 heteroatoms. The Balaban J connectivity index is 1.67. The van der Waals surface area contributed by atoms with Crippen LogP contribution in [0.5, 0.6) is 5.75 Å². The highest BCUT2D eigenvalue weighted by Gasteiger charge is 2.41. The van der Waals surface area contributed by atoms with Gasteiger partial charge in [-0.05, 0) is 67.1 Å². The Bertz CT molecular complexity index is 1230. The molecule has 2 aromatic rings. The number of esters is 1. The van der Waals surface area contributed by atoms with Gasteiger partial charge in [-0.1, -0.05) is 30.0 Å². The number of rotatable bonds is 6. The number of nitrogens with zero attached hydrogens (tertiary/aromatic N) is 2. The summed E-state index contributed by atoms with van der Waals surface area (Å²) in [6.45, 7) is 5.79. The minimum atomic E-state index is -0.495. The zero-order valence-electron chi connectivity index (χ0n) is 19.8. The molecule has 0 bridgehead atoms. The molecule has 0 aromatic heterocycles. The predicted octanol–water partition coefficient (Wildman–Crippen LogP) is 5.09. The van der Waals surface area contributed by atoms with E-state index >= 15 is 0 Å². The molecule has 7 nitrogen and oxygen atoms in total. The molecule has 2 aliphatic heterocycles. The van der Waals surface area contributed by atoms with Gasteiger partial charge in [-0.25, -0.2) is 9.79 Å². The number of aryl methyl sites for hydroxylation is 2. The molecule has 0 spiro atoms. The summed E-state index contributed by atoms with van der Waals surface area (Å²) < 4.78 is 10.5. The largest absolute Gasteiger partial charge is 0.497 e. The number of ether oxygens (including phenoxy) is 2. The third-order valence-corrected chi connectivity index (χ3v) is 6.55. The van der Waals surface area contributed by atoms with Crippen LogP contribution in [-0.2, 0) is 14.3 Å². The Morgan fingerprint density at radius 2 is 1.82 bits per heavy atom. The van der Waals surface area contributed by atoms with Crippen molar-refractivity contribution in [2.45, 2.75) is 33.2 Å². The number of methoxy groups -OCH3 is 2. The van der Waals surface area contributed by atoms with Crippen LogP contribution >= 0.6 is 11.8 Å². The third kappa shape index (κ3) is 4.72. The Hall–Kier alpha value is -3.52. The third-order valence-electron chi connectivity index (χ3n) is 5.66. The number of amides is 1. The van der Waals surface area contributed by atoms with E-state index in [9.17, 15) is 9.59 Å². The summed E-state index contributed by atoms with van der Waals surface area (Å²) in [6.07, 6.45) is 0.132. The zero-order chi connectivity index (χ0) is 24.4. The quantitative estimate of drug-likeness (QED) is 0.584. The first kappa shape index (κ1) is 23.6. The lowest BCUT2D eigenvalue weighted by Crippen LogP contribution is -2.37. The fourth-order valence-corrected chi connectivity index (χ4v) is 5.25. The highest BCUT2D eigenvalue weighted by molar-refractivity contribution is 8.16. The number of hydrogen-bond donors (Lipinski definition) is 1. The summed E-state index contributed by atoms with van der Waals surface area (Å²) in [7, 11) is 2.96. The monoisotopic (exact) mass is 477 g/mol. The van der Waals surface area contributed by atoms with Gasteiger partial charge >= 0.3 is 5.97 Å². The second-order valence-electron chi connectivity index (χ2n) is 8.26. The second-order valence-corrected chi connectivity index (χ2v) is 9.10. The van der Waals surface area contributed by atoms with Crippen LogP contribution < -0.4 is 10.1 Å². The molecule has 2 heterocycles. The highest BCUT2D eigenvalue weighted by atomic mass is 32.2. The molecule has 34 heavy (non-hydrogen) atoms. The molecule has 1 N–H and O–H groups in total. The van der Waals surface area contributed by atoms with E-state index in [2.05, 4.69) is 16.4 Å². The fraction of sp³-hybridized carbons (Fsp3) is 0.269. The van der Waals surface area contributed by atoms with Crippen molar-refractivity contribution < 1.29 is 19.1 Å². The van der Waals surface area contributed by atoms with Crippen molar-refractivity contribution in [1.82, 2.24) is 4.90 Å². The Labute approximate surface area is 203 Å². The lowest BCUT2D eigenvalue weighted by molar-refractivity contribution is -0.136. The van der Waals surface area contributed by atoms with E-state index in [1.54, 1.807) is 14.0 Å². The average Bonchev–Trinajstić information content (AvgIpc) is 3.18. The van der Waals surface area contributed by atoms with E-state index in [0.717, 1.165) is 28.1 Å². The van der Waals surface area contributed by atoms with Crippen molar-refractivity contribution in [3.8, 4) is 5.75 Å². The summed E-state index contributed by atoms with van der Waals surface area (Å²) in [5.41, 5.74) is 5.55. The zero-order valence-corrected chi connectivity index (χ0v) is 20.7. The number of amidine groups is 1. The Kier molecular flexibility index (Phi) is 6.79. The van der Waals surface area contributed by atoms with Crippen molar-refractivity contribution in [2.24, 2.45) is 4.99 Å². The molecule has 0 aliphatic carbocycles. The number of aliphatic imine (C=N–C) groups is 1. The summed E-state index contributed by atoms with van der Waals surface area (Å²) in [5, 5.41) is 5.63. The topological polar surface area (TPSA) is 80.2 Å². The molecule has 176 valence electrons. The van der Waals surface area contributed by atoms with Crippen LogP contribution in [0.1, 0.15) is 36.1 Å². The minimum Gasteiger partial charge on any atom is -0.497 e. The van der Waals surface area contributed by atoms with Gasteiger partial charge in [-0.2, -0.15) is 0 Å². The maximum atomic E-state index is 13.0. The molecule has 1 amide bonds. The van der Waals surface area contributed by atoms with Crippen molar-refractivity contribution in [1.29, 1.82) is 0 Å². The number of hydrogen-bond acceptors (Lipinski definition) is 7. The first-order valence-electron chi connectivity index (χ1n) is 10.9. The first-order valence-corrected chi connectivity index (χ1v) is 11.7. The van der Waals surface area contributed by atoms with Crippen LogP contribution in [0.3, 0.4) is 0 Å². The van der Waals surface area contributed by atoms with Gasteiger partial charge < -0.3 is 19.7 Å². The van der Waals surface area contributed by atoms with E-state index < -0.39 is 12.0 Å². The number of allylic oxidation sites excluding steroid dienone is 1. The van der Waals surface area contributed by atoms with Gasteiger partial charge in [0.15, 0.2) is 5.17 Å². The molecule has 2 aromatic carbocycles. The van der Waals surface area contributed by atoms with Gasteiger partial charge in [0.1, 0.15) is 5.75 Å². The lowest BCUT2D eigenvalue weighted by Gasteiger charge is -2.36. The fourth-order valence-electron chi connectivity index (χ4n) is 4.28. The molecule has 0 fully saturated rings. The van der Waals surface area contributed by atoms with Crippen LogP contribution in [0.4, 0.5) is 5.69 Å². The summed E-state index contributed by atoms with van der Waals surface area (Å²) in [5.74, 6) is 0.0748. The predicted molar refractivity (Wildman–Crippen MR) is 135 cm³/mol. The van der Waals surface area contributed by atoms with Crippen LogP contribution in [-0.4, -0.2) is 36.2 Å². The standard InChI is InChI=1S/C26H27N3O4S/c1-15-9-16(2)11-19(10-15)28-22(30)13-20-14-34-26-27-17(3)23(25(31)33-5)24(29(20)26)18-7-6-8-21(12-18)32-4/h6-12,14,24H,13H2,1-5H3,(H,28,30)/t24-/m0/s1. The highest BCUT2D eigenvalue weighted by Crippen LogP contribution is 2.45. The van der Waals surface area contributed by atoms with Gasteiger partial charge in [-0.3, -0.25) is 4.79 Å². The molecule has 0 saturated carbocycles. The summed E-state index contributed by atoms with van der Waals surface area (Å²) in [6, 6.07) is 13.0. The molecule has 2 aliphatic rings.